The van der Waals surface area contributed by atoms with Gasteiger partial charge in [0.05, 0.1) is 0 Å². The zero-order valence-electron chi connectivity index (χ0n) is 5.34. The Morgan fingerprint density at radius 1 is 1.60 bits per heavy atom. The van der Waals surface area contributed by atoms with E-state index in [0.29, 0.717) is 15.9 Å². The molecule has 1 aromatic rings. The Balaban J connectivity index is 3.14. The molecule has 0 fully saturated rings. The average Bonchev–Trinajstić information content (AvgIpc) is 1.95. The molecule has 1 heterocycles. The van der Waals surface area contributed by atoms with Gasteiger partial charge in [-0.25, -0.2) is 9.97 Å². The molecule has 10 heavy (non-hydrogen) atoms. The fourth-order valence-corrected chi connectivity index (χ4v) is 1.27. The van der Waals surface area contributed by atoms with E-state index in [4.69, 9.17) is 17.3 Å². The first-order valence-corrected chi connectivity index (χ1v) is 4.16. The molecule has 0 radical (unpaired) electrons. The van der Waals surface area contributed by atoms with Gasteiger partial charge in [-0.3, -0.25) is 0 Å². The normalized spacial score (nSPS) is 9.80. The van der Waals surface area contributed by atoms with Gasteiger partial charge in [-0.2, -0.15) is 0 Å². The summed E-state index contributed by atoms with van der Waals surface area (Å²) in [7, 11) is 0. The maximum Gasteiger partial charge on any atom is 0.146 e. The minimum Gasteiger partial charge on any atom is -0.382 e. The Labute approximate surface area is 68.0 Å². The summed E-state index contributed by atoms with van der Waals surface area (Å²) in [6.45, 7) is 0. The lowest BCUT2D eigenvalue weighted by atomic mass is 10.6. The van der Waals surface area contributed by atoms with Crippen LogP contribution in [0, 0.1) is 0 Å². The molecule has 2 N–H and O–H groups in total. The monoisotopic (exact) mass is 175 g/mol. The van der Waals surface area contributed by atoms with Gasteiger partial charge in [0, 0.05) is 0 Å². The second-order valence-electron chi connectivity index (χ2n) is 1.58. The fraction of sp³-hybridized carbons (Fsp3) is 0.200. The number of thioether (sulfide) groups is 1. The van der Waals surface area contributed by atoms with Crippen LogP contribution in [0.3, 0.4) is 0 Å². The highest BCUT2D eigenvalue weighted by molar-refractivity contribution is 7.98. The molecular weight excluding hydrogens is 170 g/mol. The van der Waals surface area contributed by atoms with Gasteiger partial charge < -0.3 is 5.73 Å². The standard InChI is InChI=1S/C5H6ClN3S/c1-10-5-3(6)4(7)8-2-9-5/h2H,1H3,(H2,7,8,9). The first-order valence-electron chi connectivity index (χ1n) is 2.55. The summed E-state index contributed by atoms with van der Waals surface area (Å²) >= 11 is 7.17. The van der Waals surface area contributed by atoms with Gasteiger partial charge in [0.25, 0.3) is 0 Å². The van der Waals surface area contributed by atoms with Crippen LogP contribution >= 0.6 is 23.4 Å². The fourth-order valence-electron chi connectivity index (χ4n) is 0.509. The van der Waals surface area contributed by atoms with Crippen molar-refractivity contribution in [3.8, 4) is 0 Å². The third kappa shape index (κ3) is 1.33. The van der Waals surface area contributed by atoms with E-state index in [1.807, 2.05) is 6.26 Å². The number of hydrogen-bond acceptors (Lipinski definition) is 4. The summed E-state index contributed by atoms with van der Waals surface area (Å²) < 4.78 is 0. The van der Waals surface area contributed by atoms with E-state index >= 15 is 0 Å². The first kappa shape index (κ1) is 7.63. The second-order valence-corrected chi connectivity index (χ2v) is 2.76. The lowest BCUT2D eigenvalue weighted by Crippen LogP contribution is -1.93. The van der Waals surface area contributed by atoms with Crippen LogP contribution in [-0.2, 0) is 0 Å². The summed E-state index contributed by atoms with van der Waals surface area (Å²) in [5.41, 5.74) is 5.40. The van der Waals surface area contributed by atoms with Crippen molar-refractivity contribution in [1.82, 2.24) is 9.97 Å². The molecule has 0 bridgehead atoms. The molecule has 5 heteroatoms. The Hall–Kier alpha value is -0.480. The number of halogens is 1. The van der Waals surface area contributed by atoms with Crippen molar-refractivity contribution in [2.24, 2.45) is 0 Å². The summed E-state index contributed by atoms with van der Waals surface area (Å²) in [5, 5.41) is 1.16. The lowest BCUT2D eigenvalue weighted by Gasteiger charge is -1.98. The molecule has 0 atom stereocenters. The van der Waals surface area contributed by atoms with Crippen LogP contribution < -0.4 is 5.73 Å². The lowest BCUT2D eigenvalue weighted by molar-refractivity contribution is 1.06. The zero-order chi connectivity index (χ0) is 7.56. The number of nitrogens with two attached hydrogens (primary N) is 1. The topological polar surface area (TPSA) is 51.8 Å². The SMILES string of the molecule is CSc1ncnc(N)c1Cl. The maximum atomic E-state index is 5.72. The number of anilines is 1. The summed E-state index contributed by atoms with van der Waals surface area (Å²) in [6, 6.07) is 0. The minimum absolute atomic E-state index is 0.334. The molecule has 0 saturated heterocycles. The van der Waals surface area contributed by atoms with Crippen LogP contribution in [0.25, 0.3) is 0 Å². The van der Waals surface area contributed by atoms with Crippen molar-refractivity contribution < 1.29 is 0 Å². The number of hydrogen-bond donors (Lipinski definition) is 1. The number of nitrogens with zero attached hydrogens (tertiary/aromatic N) is 2. The third-order valence-corrected chi connectivity index (χ3v) is 2.16. The van der Waals surface area contributed by atoms with Crippen LogP contribution in [0.4, 0.5) is 5.82 Å². The quantitative estimate of drug-likeness (QED) is 0.518. The van der Waals surface area contributed by atoms with E-state index < -0.39 is 0 Å². The van der Waals surface area contributed by atoms with Crippen LogP contribution in [-0.4, -0.2) is 16.2 Å². The van der Waals surface area contributed by atoms with Crippen LogP contribution in [0.1, 0.15) is 0 Å². The molecule has 0 aliphatic carbocycles. The molecule has 0 aliphatic rings. The summed E-state index contributed by atoms with van der Waals surface area (Å²) in [4.78, 5) is 7.61. The van der Waals surface area contributed by atoms with Crippen molar-refractivity contribution in [2.45, 2.75) is 5.03 Å². The van der Waals surface area contributed by atoms with Crippen molar-refractivity contribution in [3.05, 3.63) is 11.3 Å². The summed E-state index contributed by atoms with van der Waals surface area (Å²) in [6.07, 6.45) is 3.28. The van der Waals surface area contributed by atoms with Crippen molar-refractivity contribution >= 4 is 29.2 Å². The smallest absolute Gasteiger partial charge is 0.146 e. The third-order valence-electron chi connectivity index (χ3n) is 0.978. The van der Waals surface area contributed by atoms with Gasteiger partial charge >= 0.3 is 0 Å². The first-order chi connectivity index (χ1) is 4.75. The van der Waals surface area contributed by atoms with Crippen LogP contribution in [0.2, 0.25) is 5.02 Å². The molecule has 0 spiro atoms. The van der Waals surface area contributed by atoms with Gasteiger partial charge in [-0.1, -0.05) is 11.6 Å². The molecule has 0 unspecified atom stereocenters. The Kier molecular flexibility index (Phi) is 2.34. The van der Waals surface area contributed by atoms with Gasteiger partial charge in [-0.05, 0) is 6.26 Å². The molecule has 0 aliphatic heterocycles. The number of nitrogen functional groups attached to an aromatic ring is 1. The molecule has 3 nitrogen and oxygen atoms in total. The Bertz CT molecular complexity index is 240. The van der Waals surface area contributed by atoms with Gasteiger partial charge in [0.15, 0.2) is 0 Å². The van der Waals surface area contributed by atoms with E-state index in [2.05, 4.69) is 9.97 Å². The molecule has 1 aromatic heterocycles. The van der Waals surface area contributed by atoms with Crippen LogP contribution in [0.15, 0.2) is 11.4 Å². The predicted molar refractivity (Wildman–Crippen MR) is 43.2 cm³/mol. The molecular formula is C5H6ClN3S. The highest BCUT2D eigenvalue weighted by Crippen LogP contribution is 2.25. The highest BCUT2D eigenvalue weighted by atomic mass is 35.5. The minimum atomic E-state index is 0.334. The van der Waals surface area contributed by atoms with Crippen LogP contribution in [0.5, 0.6) is 0 Å². The summed E-state index contributed by atoms with van der Waals surface area (Å²) in [5.74, 6) is 0.334. The van der Waals surface area contributed by atoms with Crippen molar-refractivity contribution in [2.75, 3.05) is 12.0 Å². The number of aromatic nitrogens is 2. The van der Waals surface area contributed by atoms with Crippen molar-refractivity contribution in [1.29, 1.82) is 0 Å². The van der Waals surface area contributed by atoms with Gasteiger partial charge in [-0.15, -0.1) is 11.8 Å². The highest BCUT2D eigenvalue weighted by Gasteiger charge is 2.02. The van der Waals surface area contributed by atoms with E-state index in [0.717, 1.165) is 0 Å². The van der Waals surface area contributed by atoms with Gasteiger partial charge in [0.1, 0.15) is 22.2 Å². The molecule has 54 valence electrons. The van der Waals surface area contributed by atoms with E-state index in [-0.39, 0.29) is 0 Å². The molecule has 1 rings (SSSR count). The zero-order valence-corrected chi connectivity index (χ0v) is 6.91. The Morgan fingerprint density at radius 3 is 2.80 bits per heavy atom. The maximum absolute atomic E-state index is 5.72. The predicted octanol–water partition coefficient (Wildman–Crippen LogP) is 1.43. The Morgan fingerprint density at radius 2 is 2.30 bits per heavy atom. The van der Waals surface area contributed by atoms with Crippen molar-refractivity contribution in [3.63, 3.8) is 0 Å². The second kappa shape index (κ2) is 3.07. The van der Waals surface area contributed by atoms with E-state index in [9.17, 15) is 0 Å². The van der Waals surface area contributed by atoms with E-state index in [1.165, 1.54) is 18.1 Å². The molecule has 0 amide bonds. The van der Waals surface area contributed by atoms with Gasteiger partial charge in [0.2, 0.25) is 0 Å². The molecule has 0 saturated carbocycles. The number of rotatable bonds is 1. The molecule has 0 aromatic carbocycles. The largest absolute Gasteiger partial charge is 0.382 e. The average molecular weight is 176 g/mol. The van der Waals surface area contributed by atoms with E-state index in [1.54, 1.807) is 0 Å².